The summed E-state index contributed by atoms with van der Waals surface area (Å²) in [5.74, 6) is -2.22. The van der Waals surface area contributed by atoms with E-state index >= 15 is 0 Å². The fourth-order valence-corrected chi connectivity index (χ4v) is 3.79. The zero-order valence-electron chi connectivity index (χ0n) is 19.2. The number of hydrogen-bond donors (Lipinski definition) is 1. The molecule has 3 aromatic carbocycles. The Labute approximate surface area is 214 Å². The van der Waals surface area contributed by atoms with Crippen LogP contribution in [0.4, 0.5) is 17.1 Å². The van der Waals surface area contributed by atoms with Crippen LogP contribution in [0.2, 0.25) is 5.02 Å². The molecule has 1 N–H and O–H groups in total. The topological polar surface area (TPSA) is 145 Å². The van der Waals surface area contributed by atoms with E-state index in [4.69, 9.17) is 21.1 Å². The van der Waals surface area contributed by atoms with Gasteiger partial charge in [-0.05, 0) is 61.5 Å². The molecule has 0 saturated carbocycles. The Morgan fingerprint density at radius 1 is 1.00 bits per heavy atom. The van der Waals surface area contributed by atoms with E-state index in [1.165, 1.54) is 30.3 Å². The molecule has 0 bridgehead atoms. The van der Waals surface area contributed by atoms with Gasteiger partial charge in [-0.25, -0.2) is 9.69 Å². The molecule has 11 nitrogen and oxygen atoms in total. The number of ether oxygens (including phenoxy) is 2. The van der Waals surface area contributed by atoms with Crippen molar-refractivity contribution in [3.05, 3.63) is 92.5 Å². The molecular weight excluding hydrogens is 506 g/mol. The molecule has 0 spiro atoms. The van der Waals surface area contributed by atoms with Crippen molar-refractivity contribution in [3.63, 3.8) is 0 Å². The van der Waals surface area contributed by atoms with Crippen LogP contribution in [0.15, 0.2) is 60.7 Å². The minimum absolute atomic E-state index is 0.0197. The highest BCUT2D eigenvalue weighted by Gasteiger charge is 2.37. The van der Waals surface area contributed by atoms with Gasteiger partial charge >= 0.3 is 5.97 Å². The number of nitrogens with zero attached hydrogens (tertiary/aromatic N) is 2. The normalized spacial score (nSPS) is 12.2. The number of halogens is 1. The van der Waals surface area contributed by atoms with E-state index in [2.05, 4.69) is 5.32 Å². The summed E-state index contributed by atoms with van der Waals surface area (Å²) in [4.78, 5) is 61.7. The monoisotopic (exact) mass is 523 g/mol. The van der Waals surface area contributed by atoms with Gasteiger partial charge in [0.25, 0.3) is 23.4 Å². The summed E-state index contributed by atoms with van der Waals surface area (Å²) in [6.07, 6.45) is 0. The largest absolute Gasteiger partial charge is 0.494 e. The average Bonchev–Trinajstić information content (AvgIpc) is 3.13. The minimum Gasteiger partial charge on any atom is -0.494 e. The number of nitro groups is 1. The molecule has 188 valence electrons. The van der Waals surface area contributed by atoms with Crippen LogP contribution in [-0.2, 0) is 9.53 Å². The summed E-state index contributed by atoms with van der Waals surface area (Å²) in [6.45, 7) is 1.61. The molecular formula is C25H18ClN3O8. The lowest BCUT2D eigenvalue weighted by molar-refractivity contribution is -0.384. The predicted molar refractivity (Wildman–Crippen MR) is 132 cm³/mol. The number of fused-ring (bicyclic) bond motifs is 1. The van der Waals surface area contributed by atoms with Crippen LogP contribution >= 0.6 is 11.6 Å². The smallest absolute Gasteiger partial charge is 0.338 e. The van der Waals surface area contributed by atoms with Crippen molar-refractivity contribution in [3.8, 4) is 5.75 Å². The number of nitro benzene ring substituents is 1. The highest BCUT2D eigenvalue weighted by molar-refractivity contribution is 6.34. The summed E-state index contributed by atoms with van der Waals surface area (Å²) in [5, 5.41) is 13.3. The summed E-state index contributed by atoms with van der Waals surface area (Å²) in [5.41, 5.74) is 0.145. The highest BCUT2D eigenvalue weighted by Crippen LogP contribution is 2.31. The maximum atomic E-state index is 13.0. The molecule has 0 fully saturated rings. The van der Waals surface area contributed by atoms with Crippen LogP contribution in [0.3, 0.4) is 0 Å². The summed E-state index contributed by atoms with van der Waals surface area (Å²) < 4.78 is 10.4. The SMILES string of the molecule is CCOc1ccc(N2C(=O)c3ccc(C(=O)OCC(=O)Nc4ccc(Cl)c([N+](=O)[O-])c4)cc3C2=O)cc1. The third kappa shape index (κ3) is 5.26. The van der Waals surface area contributed by atoms with Crippen LogP contribution in [0.5, 0.6) is 5.75 Å². The summed E-state index contributed by atoms with van der Waals surface area (Å²) in [6, 6.07) is 14.0. The van der Waals surface area contributed by atoms with Crippen molar-refractivity contribution in [2.24, 2.45) is 0 Å². The second-order valence-electron chi connectivity index (χ2n) is 7.68. The summed E-state index contributed by atoms with van der Waals surface area (Å²) >= 11 is 5.74. The molecule has 0 aromatic heterocycles. The zero-order valence-corrected chi connectivity index (χ0v) is 20.0. The van der Waals surface area contributed by atoms with Crippen molar-refractivity contribution in [2.75, 3.05) is 23.4 Å². The molecule has 1 heterocycles. The van der Waals surface area contributed by atoms with Gasteiger partial charge in [0.15, 0.2) is 6.61 Å². The van der Waals surface area contributed by atoms with E-state index in [1.807, 2.05) is 6.92 Å². The average molecular weight is 524 g/mol. The fraction of sp³-hybridized carbons (Fsp3) is 0.120. The Morgan fingerprint density at radius 2 is 1.70 bits per heavy atom. The first-order valence-corrected chi connectivity index (χ1v) is 11.2. The van der Waals surface area contributed by atoms with Crippen molar-refractivity contribution >= 4 is 52.4 Å². The first-order valence-electron chi connectivity index (χ1n) is 10.9. The number of carbonyl (C=O) groups is 4. The van der Waals surface area contributed by atoms with Gasteiger partial charge in [-0.3, -0.25) is 24.5 Å². The van der Waals surface area contributed by atoms with Gasteiger partial charge in [0.1, 0.15) is 10.8 Å². The molecule has 3 amide bonds. The van der Waals surface area contributed by atoms with Crippen molar-refractivity contribution in [1.29, 1.82) is 0 Å². The van der Waals surface area contributed by atoms with Gasteiger partial charge in [0, 0.05) is 11.8 Å². The first-order chi connectivity index (χ1) is 17.7. The molecule has 1 aliphatic heterocycles. The van der Waals surface area contributed by atoms with E-state index in [9.17, 15) is 29.3 Å². The summed E-state index contributed by atoms with van der Waals surface area (Å²) in [7, 11) is 0. The van der Waals surface area contributed by atoms with E-state index in [1.54, 1.807) is 24.3 Å². The van der Waals surface area contributed by atoms with Gasteiger partial charge < -0.3 is 14.8 Å². The van der Waals surface area contributed by atoms with Crippen LogP contribution < -0.4 is 15.0 Å². The second kappa shape index (κ2) is 10.5. The van der Waals surface area contributed by atoms with Gasteiger partial charge in [-0.1, -0.05) is 11.6 Å². The van der Waals surface area contributed by atoms with E-state index < -0.39 is 40.9 Å². The molecule has 3 aromatic rings. The van der Waals surface area contributed by atoms with Gasteiger partial charge in [-0.2, -0.15) is 0 Å². The van der Waals surface area contributed by atoms with Crippen molar-refractivity contribution < 1.29 is 33.6 Å². The van der Waals surface area contributed by atoms with Gasteiger partial charge in [0.05, 0.1) is 33.9 Å². The Bertz CT molecular complexity index is 1440. The van der Waals surface area contributed by atoms with Gasteiger partial charge in [-0.15, -0.1) is 0 Å². The van der Waals surface area contributed by atoms with Gasteiger partial charge in [0.2, 0.25) is 0 Å². The molecule has 0 saturated heterocycles. The van der Waals surface area contributed by atoms with Crippen LogP contribution in [0.1, 0.15) is 38.0 Å². The number of benzene rings is 3. The number of nitrogens with one attached hydrogen (secondary N) is 1. The second-order valence-corrected chi connectivity index (χ2v) is 8.09. The van der Waals surface area contributed by atoms with E-state index in [0.29, 0.717) is 18.0 Å². The number of hydrogen-bond acceptors (Lipinski definition) is 8. The molecule has 12 heteroatoms. The number of anilines is 2. The maximum Gasteiger partial charge on any atom is 0.338 e. The standard InChI is InChI=1S/C25H18ClN3O8/c1-2-36-17-7-5-16(6-8-17)28-23(31)18-9-3-14(11-19(18)24(28)32)25(33)37-13-22(30)27-15-4-10-20(26)21(12-15)29(34)35/h3-12H,2,13H2,1H3,(H,27,30). The molecule has 37 heavy (non-hydrogen) atoms. The van der Waals surface area contributed by atoms with Crippen molar-refractivity contribution in [2.45, 2.75) is 6.92 Å². The third-order valence-corrected chi connectivity index (χ3v) is 5.61. The number of carbonyl (C=O) groups excluding carboxylic acids is 4. The van der Waals surface area contributed by atoms with E-state index in [-0.39, 0.29) is 27.4 Å². The molecule has 0 atom stereocenters. The number of rotatable bonds is 8. The van der Waals surface area contributed by atoms with Crippen molar-refractivity contribution in [1.82, 2.24) is 0 Å². The zero-order chi connectivity index (χ0) is 26.7. The number of amides is 3. The lowest BCUT2D eigenvalue weighted by Crippen LogP contribution is -2.29. The van der Waals surface area contributed by atoms with Crippen LogP contribution in [0, 0.1) is 10.1 Å². The lowest BCUT2D eigenvalue weighted by atomic mass is 10.1. The molecule has 0 aliphatic carbocycles. The van der Waals surface area contributed by atoms with E-state index in [0.717, 1.165) is 11.0 Å². The lowest BCUT2D eigenvalue weighted by Gasteiger charge is -2.14. The minimum atomic E-state index is -0.903. The predicted octanol–water partition coefficient (Wildman–Crippen LogP) is 4.24. The van der Waals surface area contributed by atoms with Crippen LogP contribution in [-0.4, -0.2) is 41.8 Å². The Hall–Kier alpha value is -4.77. The molecule has 0 radical (unpaired) electrons. The van der Waals surface area contributed by atoms with Crippen LogP contribution in [0.25, 0.3) is 0 Å². The Kier molecular flexibility index (Phi) is 7.16. The third-order valence-electron chi connectivity index (χ3n) is 5.29. The fourth-order valence-electron chi connectivity index (χ4n) is 3.60. The Morgan fingerprint density at radius 3 is 2.38 bits per heavy atom. The first kappa shape index (κ1) is 25.3. The Balaban J connectivity index is 1.42. The number of imide groups is 1. The quantitative estimate of drug-likeness (QED) is 0.200. The molecule has 1 aliphatic rings. The number of esters is 1. The highest BCUT2D eigenvalue weighted by atomic mass is 35.5. The molecule has 0 unspecified atom stereocenters. The molecule has 4 rings (SSSR count). The maximum absolute atomic E-state index is 13.0.